The Labute approximate surface area is 173 Å². The fraction of sp³-hybridized carbons (Fsp3) is 0.182. The molecular weight excluding hydrogens is 382 g/mol. The van der Waals surface area contributed by atoms with Gasteiger partial charge in [-0.3, -0.25) is 0 Å². The minimum Gasteiger partial charge on any atom is -0.493 e. The molecule has 8 heteroatoms. The molecule has 0 fully saturated rings. The average Bonchev–Trinajstić information content (AvgIpc) is 3.15. The number of benzene rings is 1. The van der Waals surface area contributed by atoms with Gasteiger partial charge in [0.05, 0.1) is 24.5 Å². The molecule has 152 valence electrons. The second-order valence-corrected chi connectivity index (χ2v) is 6.77. The number of nitrogens with one attached hydrogen (secondary N) is 1. The second kappa shape index (κ2) is 8.20. The van der Waals surface area contributed by atoms with E-state index in [4.69, 9.17) is 4.74 Å². The maximum atomic E-state index is 11.6. The Kier molecular flexibility index (Phi) is 5.30. The van der Waals surface area contributed by atoms with Crippen molar-refractivity contribution in [2.75, 3.05) is 11.9 Å². The summed E-state index contributed by atoms with van der Waals surface area (Å²) in [4.78, 5) is 24.9. The number of imidazole rings is 1. The molecular formula is C22H21N5O3. The van der Waals surface area contributed by atoms with E-state index >= 15 is 0 Å². The van der Waals surface area contributed by atoms with Crippen LogP contribution in [0.1, 0.15) is 28.5 Å². The second-order valence-electron chi connectivity index (χ2n) is 6.77. The van der Waals surface area contributed by atoms with Crippen LogP contribution in [0.2, 0.25) is 0 Å². The molecule has 0 aliphatic heterocycles. The predicted molar refractivity (Wildman–Crippen MR) is 113 cm³/mol. The molecule has 30 heavy (non-hydrogen) atoms. The maximum Gasteiger partial charge on any atom is 0.339 e. The SMILES string of the molecule is CCOc1ccc(-c2ccnc(NCc3cn4cc(C)ccc4n3)n2)cc1C(=O)O. The zero-order chi connectivity index (χ0) is 21.1. The van der Waals surface area contributed by atoms with Gasteiger partial charge < -0.3 is 19.6 Å². The first-order valence-corrected chi connectivity index (χ1v) is 9.55. The summed E-state index contributed by atoms with van der Waals surface area (Å²) < 4.78 is 7.38. The first kappa shape index (κ1) is 19.4. The zero-order valence-electron chi connectivity index (χ0n) is 16.7. The summed E-state index contributed by atoms with van der Waals surface area (Å²) >= 11 is 0. The minimum absolute atomic E-state index is 0.0995. The standard InChI is InChI=1S/C22H21N5O3/c1-3-30-19-6-5-15(10-17(19)21(28)29)18-8-9-23-22(26-18)24-11-16-13-27-12-14(2)4-7-20(27)25-16/h4-10,12-13H,3,11H2,1-2H3,(H,28,29)(H,23,24,26). The average molecular weight is 403 g/mol. The Morgan fingerprint density at radius 2 is 2.03 bits per heavy atom. The van der Waals surface area contributed by atoms with Gasteiger partial charge >= 0.3 is 5.97 Å². The number of rotatable bonds is 7. The molecule has 0 aliphatic carbocycles. The van der Waals surface area contributed by atoms with Crippen molar-refractivity contribution in [3.63, 3.8) is 0 Å². The number of aromatic carboxylic acids is 1. The van der Waals surface area contributed by atoms with Crippen molar-refractivity contribution in [3.05, 3.63) is 71.8 Å². The third-order valence-corrected chi connectivity index (χ3v) is 4.54. The highest BCUT2D eigenvalue weighted by molar-refractivity contribution is 5.92. The lowest BCUT2D eigenvalue weighted by Crippen LogP contribution is -2.05. The van der Waals surface area contributed by atoms with Crippen molar-refractivity contribution in [1.82, 2.24) is 19.4 Å². The van der Waals surface area contributed by atoms with E-state index < -0.39 is 5.97 Å². The van der Waals surface area contributed by atoms with Crippen LogP contribution in [-0.4, -0.2) is 37.0 Å². The maximum absolute atomic E-state index is 11.6. The molecule has 1 aromatic carbocycles. The quantitative estimate of drug-likeness (QED) is 0.484. The highest BCUT2D eigenvalue weighted by Crippen LogP contribution is 2.26. The summed E-state index contributed by atoms with van der Waals surface area (Å²) in [6.07, 6.45) is 5.62. The summed E-state index contributed by atoms with van der Waals surface area (Å²) in [5.74, 6) is -0.274. The summed E-state index contributed by atoms with van der Waals surface area (Å²) in [6.45, 7) is 4.71. The molecule has 0 atom stereocenters. The Balaban J connectivity index is 1.55. The van der Waals surface area contributed by atoms with Gasteiger partial charge in [-0.1, -0.05) is 6.07 Å². The summed E-state index contributed by atoms with van der Waals surface area (Å²) in [7, 11) is 0. The van der Waals surface area contributed by atoms with E-state index in [-0.39, 0.29) is 5.56 Å². The lowest BCUT2D eigenvalue weighted by atomic mass is 10.1. The summed E-state index contributed by atoms with van der Waals surface area (Å²) in [5.41, 5.74) is 4.29. The monoisotopic (exact) mass is 403 g/mol. The highest BCUT2D eigenvalue weighted by atomic mass is 16.5. The molecule has 3 heterocycles. The Morgan fingerprint density at radius 1 is 1.17 bits per heavy atom. The third kappa shape index (κ3) is 4.07. The molecule has 0 bridgehead atoms. The number of carboxylic acids is 1. The van der Waals surface area contributed by atoms with Crippen molar-refractivity contribution in [1.29, 1.82) is 0 Å². The van der Waals surface area contributed by atoms with Crippen LogP contribution in [0.5, 0.6) is 5.75 Å². The predicted octanol–water partition coefficient (Wildman–Crippen LogP) is 3.81. The van der Waals surface area contributed by atoms with Crippen LogP contribution >= 0.6 is 0 Å². The molecule has 4 rings (SSSR count). The lowest BCUT2D eigenvalue weighted by molar-refractivity contribution is 0.0692. The van der Waals surface area contributed by atoms with Crippen molar-refractivity contribution in [2.45, 2.75) is 20.4 Å². The van der Waals surface area contributed by atoms with Crippen LogP contribution in [0, 0.1) is 6.92 Å². The fourth-order valence-electron chi connectivity index (χ4n) is 3.15. The van der Waals surface area contributed by atoms with Crippen LogP contribution in [0.3, 0.4) is 0 Å². The van der Waals surface area contributed by atoms with Crippen molar-refractivity contribution >= 4 is 17.6 Å². The molecule has 0 saturated carbocycles. The van der Waals surface area contributed by atoms with E-state index in [0.29, 0.717) is 36.1 Å². The van der Waals surface area contributed by atoms with Crippen molar-refractivity contribution < 1.29 is 14.6 Å². The van der Waals surface area contributed by atoms with Crippen LogP contribution in [-0.2, 0) is 6.54 Å². The van der Waals surface area contributed by atoms with Gasteiger partial charge in [0.1, 0.15) is 17.0 Å². The number of carbonyl (C=O) groups is 1. The molecule has 8 nitrogen and oxygen atoms in total. The first-order valence-electron chi connectivity index (χ1n) is 9.55. The lowest BCUT2D eigenvalue weighted by Gasteiger charge is -2.10. The van der Waals surface area contributed by atoms with E-state index in [1.165, 1.54) is 0 Å². The summed E-state index contributed by atoms with van der Waals surface area (Å²) in [6, 6.07) is 10.7. The number of aromatic nitrogens is 4. The number of ether oxygens (including phenoxy) is 1. The van der Waals surface area contributed by atoms with Gasteiger partial charge in [0.2, 0.25) is 5.95 Å². The number of fused-ring (bicyclic) bond motifs is 1. The van der Waals surface area contributed by atoms with E-state index in [9.17, 15) is 9.90 Å². The normalized spacial score (nSPS) is 10.9. The van der Waals surface area contributed by atoms with Crippen LogP contribution < -0.4 is 10.1 Å². The molecule has 0 spiro atoms. The Bertz CT molecular complexity index is 1220. The van der Waals surface area contributed by atoms with E-state index in [1.807, 2.05) is 42.8 Å². The molecule has 0 unspecified atom stereocenters. The number of anilines is 1. The van der Waals surface area contributed by atoms with Crippen LogP contribution in [0.4, 0.5) is 5.95 Å². The minimum atomic E-state index is -1.05. The van der Waals surface area contributed by atoms with Gasteiger partial charge in [-0.05, 0) is 49.7 Å². The number of nitrogens with zero attached hydrogens (tertiary/aromatic N) is 4. The summed E-state index contributed by atoms with van der Waals surface area (Å²) in [5, 5.41) is 12.6. The van der Waals surface area contributed by atoms with Gasteiger partial charge in [0, 0.05) is 24.2 Å². The largest absolute Gasteiger partial charge is 0.493 e. The number of aryl methyl sites for hydroxylation is 1. The van der Waals surface area contributed by atoms with E-state index in [2.05, 4.69) is 20.3 Å². The van der Waals surface area contributed by atoms with Gasteiger partial charge in [0.15, 0.2) is 0 Å². The zero-order valence-corrected chi connectivity index (χ0v) is 16.7. The molecule has 0 saturated heterocycles. The molecule has 2 N–H and O–H groups in total. The fourth-order valence-corrected chi connectivity index (χ4v) is 3.15. The smallest absolute Gasteiger partial charge is 0.339 e. The number of pyridine rings is 1. The Hall–Kier alpha value is -3.94. The molecule has 0 radical (unpaired) electrons. The van der Waals surface area contributed by atoms with Crippen molar-refractivity contribution in [2.24, 2.45) is 0 Å². The van der Waals surface area contributed by atoms with Gasteiger partial charge in [-0.25, -0.2) is 19.7 Å². The molecule has 4 aromatic rings. The van der Waals surface area contributed by atoms with Gasteiger partial charge in [-0.15, -0.1) is 0 Å². The number of carboxylic acid groups (broad SMARTS) is 1. The van der Waals surface area contributed by atoms with Crippen molar-refractivity contribution in [3.8, 4) is 17.0 Å². The number of hydrogen-bond acceptors (Lipinski definition) is 6. The van der Waals surface area contributed by atoms with Gasteiger partial charge in [-0.2, -0.15) is 0 Å². The third-order valence-electron chi connectivity index (χ3n) is 4.54. The van der Waals surface area contributed by atoms with Gasteiger partial charge in [0.25, 0.3) is 0 Å². The van der Waals surface area contributed by atoms with E-state index in [0.717, 1.165) is 16.9 Å². The molecule has 0 amide bonds. The molecule has 0 aliphatic rings. The molecule has 3 aromatic heterocycles. The Morgan fingerprint density at radius 3 is 2.83 bits per heavy atom. The topological polar surface area (TPSA) is 102 Å². The highest BCUT2D eigenvalue weighted by Gasteiger charge is 2.14. The first-order chi connectivity index (χ1) is 14.5. The van der Waals surface area contributed by atoms with Crippen LogP contribution in [0.15, 0.2) is 55.0 Å². The van der Waals surface area contributed by atoms with E-state index in [1.54, 1.807) is 30.5 Å². The van der Waals surface area contributed by atoms with Crippen LogP contribution in [0.25, 0.3) is 16.9 Å². The number of hydrogen-bond donors (Lipinski definition) is 2.